The molecule has 9 nitrogen and oxygen atoms in total. The van der Waals surface area contributed by atoms with Gasteiger partial charge >= 0.3 is 12.1 Å². The summed E-state index contributed by atoms with van der Waals surface area (Å²) in [5.74, 6) is 0.552. The van der Waals surface area contributed by atoms with E-state index in [0.29, 0.717) is 21.7 Å². The van der Waals surface area contributed by atoms with E-state index in [1.165, 1.54) is 11.3 Å². The molecule has 0 spiro atoms. The van der Waals surface area contributed by atoms with Crippen LogP contribution in [0.15, 0.2) is 54.7 Å². The number of nitrogens with one attached hydrogen (secondary N) is 3. The van der Waals surface area contributed by atoms with Crippen molar-refractivity contribution in [2.24, 2.45) is 0 Å². The van der Waals surface area contributed by atoms with Gasteiger partial charge in [0.2, 0.25) is 0 Å². The Labute approximate surface area is 235 Å². The Kier molecular flexibility index (Phi) is 7.49. The molecular weight excluding hydrogens is 536 g/mol. The molecule has 5 rings (SSSR count). The number of nitrogens with zero attached hydrogens (tertiary/aromatic N) is 3. The predicted octanol–water partition coefficient (Wildman–Crippen LogP) is 6.69. The predicted molar refractivity (Wildman–Crippen MR) is 153 cm³/mol. The third kappa shape index (κ3) is 6.52. The fourth-order valence-corrected chi connectivity index (χ4v) is 5.33. The largest absolute Gasteiger partial charge is 0.444 e. The summed E-state index contributed by atoms with van der Waals surface area (Å²) in [4.78, 5) is 39.6. The molecule has 0 bridgehead atoms. The lowest BCUT2D eigenvalue weighted by atomic mass is 9.99. The molecule has 1 aliphatic rings. The lowest BCUT2D eigenvalue weighted by Gasteiger charge is -2.19. The highest BCUT2D eigenvalue weighted by Crippen LogP contribution is 2.39. The second-order valence-electron chi connectivity index (χ2n) is 9.98. The number of aryl methyl sites for hydroxylation is 2. The van der Waals surface area contributed by atoms with E-state index in [-0.39, 0.29) is 12.6 Å². The van der Waals surface area contributed by atoms with Gasteiger partial charge in [0.1, 0.15) is 5.60 Å². The summed E-state index contributed by atoms with van der Waals surface area (Å²) < 4.78 is 5.29. The molecule has 3 amide bonds. The summed E-state index contributed by atoms with van der Waals surface area (Å²) in [5, 5.41) is 9.45. The number of hydrogen-bond acceptors (Lipinski definition) is 7. The Bertz CT molecular complexity index is 1550. The van der Waals surface area contributed by atoms with Crippen LogP contribution in [-0.4, -0.2) is 32.7 Å². The Morgan fingerprint density at radius 2 is 1.87 bits per heavy atom. The normalized spacial score (nSPS) is 12.2. The summed E-state index contributed by atoms with van der Waals surface area (Å²) in [6, 6.07) is 14.3. The van der Waals surface area contributed by atoms with Crippen LogP contribution in [0, 0.1) is 0 Å². The molecule has 0 aliphatic heterocycles. The van der Waals surface area contributed by atoms with Gasteiger partial charge in [0, 0.05) is 24.0 Å². The molecule has 11 heteroatoms. The number of carbonyl (C=O) groups is 2. The van der Waals surface area contributed by atoms with Gasteiger partial charge in [-0.15, -0.1) is 0 Å². The molecule has 3 N–H and O–H groups in total. The number of anilines is 2. The average molecular weight is 563 g/mol. The van der Waals surface area contributed by atoms with Gasteiger partial charge in [-0.3, -0.25) is 10.6 Å². The summed E-state index contributed by atoms with van der Waals surface area (Å²) >= 11 is 7.75. The number of amides is 3. The zero-order chi connectivity index (χ0) is 27.6. The maximum absolute atomic E-state index is 12.7. The van der Waals surface area contributed by atoms with Crippen molar-refractivity contribution in [1.29, 1.82) is 0 Å². The van der Waals surface area contributed by atoms with Gasteiger partial charge in [-0.1, -0.05) is 47.2 Å². The number of hydrogen-bond donors (Lipinski definition) is 3. The number of halogens is 1. The molecule has 2 aromatic carbocycles. The first-order chi connectivity index (χ1) is 18.6. The molecule has 0 fully saturated rings. The molecule has 2 aromatic heterocycles. The standard InChI is InChI=1S/C28H27ClN6O3S/c1-28(2,3)38-27(37)32-18-8-6-7-16(13-18)14-31-25(36)35-26-33-21-12-11-17-15-30-24(34-22(17)23(21)39-26)19-9-4-5-10-20(19)29/h4-10,13,15H,11-12,14H2,1-3H3,(H,32,37)(H2,31,33,35,36). The first-order valence-corrected chi connectivity index (χ1v) is 13.6. The first kappa shape index (κ1) is 26.6. The summed E-state index contributed by atoms with van der Waals surface area (Å²) in [7, 11) is 0. The molecule has 200 valence electrons. The number of thiazole rings is 1. The second-order valence-corrected chi connectivity index (χ2v) is 11.4. The van der Waals surface area contributed by atoms with E-state index in [0.717, 1.165) is 45.8 Å². The third-order valence-electron chi connectivity index (χ3n) is 5.77. The minimum absolute atomic E-state index is 0.262. The number of urea groups is 1. The van der Waals surface area contributed by atoms with Crippen molar-refractivity contribution in [2.45, 2.75) is 45.8 Å². The molecular formula is C28H27ClN6O3S. The smallest absolute Gasteiger partial charge is 0.412 e. The second kappa shape index (κ2) is 11.0. The van der Waals surface area contributed by atoms with Gasteiger partial charge in [0.25, 0.3) is 0 Å². The highest BCUT2D eigenvalue weighted by atomic mass is 35.5. The highest BCUT2D eigenvalue weighted by Gasteiger charge is 2.24. The van der Waals surface area contributed by atoms with E-state index in [1.54, 1.807) is 39.0 Å². The van der Waals surface area contributed by atoms with Gasteiger partial charge in [-0.05, 0) is 69.0 Å². The lowest BCUT2D eigenvalue weighted by Crippen LogP contribution is -2.28. The Balaban J connectivity index is 1.24. The van der Waals surface area contributed by atoms with Gasteiger partial charge in [0.15, 0.2) is 11.0 Å². The summed E-state index contributed by atoms with van der Waals surface area (Å²) in [6.07, 6.45) is 2.82. The molecule has 1 aliphatic carbocycles. The Hall–Kier alpha value is -4.02. The van der Waals surface area contributed by atoms with Crippen molar-refractivity contribution in [2.75, 3.05) is 10.6 Å². The number of benzene rings is 2. The SMILES string of the molecule is CC(C)(C)OC(=O)Nc1cccc(CNC(=O)Nc2nc3c(s2)-c2nc(-c4ccccc4Cl)ncc2CC3)c1. The van der Waals surface area contributed by atoms with Crippen molar-refractivity contribution in [3.8, 4) is 22.0 Å². The van der Waals surface area contributed by atoms with Crippen LogP contribution in [0.2, 0.25) is 5.02 Å². The average Bonchev–Trinajstić information content (AvgIpc) is 3.29. The molecule has 2 heterocycles. The van der Waals surface area contributed by atoms with E-state index < -0.39 is 11.7 Å². The zero-order valence-electron chi connectivity index (χ0n) is 21.7. The molecule has 0 unspecified atom stereocenters. The van der Waals surface area contributed by atoms with E-state index in [9.17, 15) is 9.59 Å². The van der Waals surface area contributed by atoms with Gasteiger partial charge in [-0.2, -0.15) is 0 Å². The Morgan fingerprint density at radius 1 is 1.05 bits per heavy atom. The number of fused-ring (bicyclic) bond motifs is 3. The van der Waals surface area contributed by atoms with Crippen molar-refractivity contribution in [1.82, 2.24) is 20.3 Å². The van der Waals surface area contributed by atoms with Crippen LogP contribution in [0.1, 0.15) is 37.6 Å². The van der Waals surface area contributed by atoms with Crippen molar-refractivity contribution in [3.63, 3.8) is 0 Å². The van der Waals surface area contributed by atoms with Crippen LogP contribution in [0.5, 0.6) is 0 Å². The third-order valence-corrected chi connectivity index (χ3v) is 7.12. The van der Waals surface area contributed by atoms with Crippen molar-refractivity contribution in [3.05, 3.63) is 76.6 Å². The zero-order valence-corrected chi connectivity index (χ0v) is 23.2. The quantitative estimate of drug-likeness (QED) is 0.249. The topological polar surface area (TPSA) is 118 Å². The van der Waals surface area contributed by atoms with Crippen molar-refractivity contribution >= 4 is 45.9 Å². The summed E-state index contributed by atoms with van der Waals surface area (Å²) in [5.41, 5.74) is 4.32. The molecule has 0 saturated heterocycles. The molecule has 0 saturated carbocycles. The summed E-state index contributed by atoms with van der Waals surface area (Å²) in [6.45, 7) is 5.66. The molecule has 39 heavy (non-hydrogen) atoms. The van der Waals surface area contributed by atoms with E-state index in [2.05, 4.69) is 25.9 Å². The van der Waals surface area contributed by atoms with Gasteiger partial charge < -0.3 is 10.1 Å². The number of ether oxygens (including phenoxy) is 1. The maximum atomic E-state index is 12.7. The van der Waals surface area contributed by atoms with Crippen LogP contribution >= 0.6 is 22.9 Å². The molecule has 0 atom stereocenters. The van der Waals surface area contributed by atoms with Crippen LogP contribution < -0.4 is 16.0 Å². The Morgan fingerprint density at radius 3 is 2.67 bits per heavy atom. The number of aromatic nitrogens is 3. The van der Waals surface area contributed by atoms with Crippen LogP contribution in [-0.2, 0) is 24.1 Å². The van der Waals surface area contributed by atoms with Gasteiger partial charge in [0.05, 0.1) is 21.3 Å². The van der Waals surface area contributed by atoms with Gasteiger partial charge in [-0.25, -0.2) is 24.5 Å². The van der Waals surface area contributed by atoms with Crippen LogP contribution in [0.4, 0.5) is 20.4 Å². The van der Waals surface area contributed by atoms with Crippen LogP contribution in [0.25, 0.3) is 22.0 Å². The maximum Gasteiger partial charge on any atom is 0.412 e. The fraction of sp³-hybridized carbons (Fsp3) is 0.250. The van der Waals surface area contributed by atoms with E-state index in [1.807, 2.05) is 36.5 Å². The minimum atomic E-state index is -0.594. The minimum Gasteiger partial charge on any atom is -0.444 e. The monoisotopic (exact) mass is 562 g/mol. The number of carbonyl (C=O) groups excluding carboxylic acids is 2. The van der Waals surface area contributed by atoms with Crippen LogP contribution in [0.3, 0.4) is 0 Å². The highest BCUT2D eigenvalue weighted by molar-refractivity contribution is 7.19. The molecule has 4 aromatic rings. The van der Waals surface area contributed by atoms with E-state index in [4.69, 9.17) is 21.3 Å². The fourth-order valence-electron chi connectivity index (χ4n) is 4.08. The lowest BCUT2D eigenvalue weighted by molar-refractivity contribution is 0.0636. The number of rotatable bonds is 5. The first-order valence-electron chi connectivity index (χ1n) is 12.4. The van der Waals surface area contributed by atoms with E-state index >= 15 is 0 Å². The van der Waals surface area contributed by atoms with Crippen molar-refractivity contribution < 1.29 is 14.3 Å². The molecule has 0 radical (unpaired) electrons.